The van der Waals surface area contributed by atoms with E-state index in [2.05, 4.69) is 269 Å². The summed E-state index contributed by atoms with van der Waals surface area (Å²) in [4.78, 5) is 45.0. The van der Waals surface area contributed by atoms with E-state index in [1.54, 1.807) is 26.3 Å². The summed E-state index contributed by atoms with van der Waals surface area (Å²) in [5, 5.41) is 14.4. The first-order chi connectivity index (χ1) is 57.0. The number of benzene rings is 13. The third kappa shape index (κ3) is 16.1. The predicted molar refractivity (Wildman–Crippen MR) is 491 cm³/mol. The van der Waals surface area contributed by atoms with Gasteiger partial charge in [0.2, 0.25) is 0 Å². The minimum absolute atomic E-state index is 0.0898. The van der Waals surface area contributed by atoms with Gasteiger partial charge >= 0.3 is 7.12 Å². The Bertz CT molecular complexity index is 7180. The van der Waals surface area contributed by atoms with E-state index in [0.29, 0.717) is 11.4 Å². The molecule has 1 saturated heterocycles. The van der Waals surface area contributed by atoms with E-state index in [1.807, 2.05) is 140 Å². The fourth-order valence-electron chi connectivity index (χ4n) is 15.0. The molecule has 2 N–H and O–H groups in total. The Morgan fingerprint density at radius 1 is 0.350 bits per heavy atom. The fourth-order valence-corrected chi connectivity index (χ4v) is 15.7. The number of hydrogen-bond donors (Lipinski definition) is 1. The summed E-state index contributed by atoms with van der Waals surface area (Å²) in [6.07, 6.45) is 5.48. The van der Waals surface area contributed by atoms with Crippen LogP contribution in [0.3, 0.4) is 0 Å². The molecule has 0 saturated carbocycles. The van der Waals surface area contributed by atoms with Crippen LogP contribution < -0.4 is 15.9 Å². The lowest BCUT2D eigenvalue weighted by molar-refractivity contribution is 0.00578. The molecule has 1 aliphatic heterocycles. The Morgan fingerprint density at radius 3 is 1.19 bits per heavy atom. The smallest absolute Gasteiger partial charge is 0.494 e. The van der Waals surface area contributed by atoms with Gasteiger partial charge in [-0.25, -0.2) is 19.9 Å². The summed E-state index contributed by atoms with van der Waals surface area (Å²) < 4.78 is 19.3. The highest BCUT2D eigenvalue weighted by molar-refractivity contribution is 9.10. The number of nitrogens with two attached hydrogens (primary N) is 1. The first kappa shape index (κ1) is 76.4. The van der Waals surface area contributed by atoms with Crippen LogP contribution in [0.4, 0.5) is 5.69 Å². The normalized spacial score (nSPS) is 12.7. The van der Waals surface area contributed by atoms with Gasteiger partial charge in [0.05, 0.1) is 85.4 Å². The van der Waals surface area contributed by atoms with E-state index in [1.165, 1.54) is 16.5 Å². The number of pyridine rings is 7. The molecule has 1 fully saturated rings. The quantitative estimate of drug-likeness (QED) is 0.0664. The zero-order valence-corrected chi connectivity index (χ0v) is 68.3. The van der Waals surface area contributed by atoms with Crippen LogP contribution >= 0.6 is 31.9 Å². The highest BCUT2D eigenvalue weighted by Gasteiger charge is 2.51. The molecule has 0 radical (unpaired) electrons. The van der Waals surface area contributed by atoms with Crippen LogP contribution in [0.2, 0.25) is 0 Å². The molecule has 8 heterocycles. The molecule has 0 spiro atoms. The molecule has 1 aliphatic rings. The minimum atomic E-state index is -0.344. The van der Waals surface area contributed by atoms with Gasteiger partial charge in [0, 0.05) is 104 Å². The standard InChI is InChI=1S/C37H23N3.C22H13BrN2.C21H22BNO2.C15H11NO.C7H8BrNO/c1-2-7-24(8-3-1)33-18-14-27-21-25(12-16-34(27)39-33)26-13-17-35-28(22-26)15-19-36(40-35)32-23-29-9-6-20-38-37(29)31-11-5-4-10-30(31)32;23-16-8-10-20-14(12-16)7-9-21(25-20)19-13-15-4-3-11-24-22(15)18-6-2-1-5-17(18)19;1-20(2)21(3,4)25-22(24-20)17-11-13-19-16(14-17)10-12-18(23-19)15-8-6-5-7-9-15;1-10(17)14-9-11-5-4-8-16-15(11)13-7-3-2-6-12(13)14;1-10-7-4-5(8)2-3-6(7)9/h1-23H;1-13H;5-14H,1-4H3;2-9H,1H3;2-4H,9H2,1H3. The molecule has 20 aromatic rings. The Kier molecular flexibility index (Phi) is 21.5. The Hall–Kier alpha value is -13.3. The first-order valence-electron chi connectivity index (χ1n) is 38.6. The second kappa shape index (κ2) is 32.9. The van der Waals surface area contributed by atoms with Crippen LogP contribution in [-0.2, 0) is 9.31 Å². The number of carbonyl (C=O) groups excluding carboxylic acids is 1. The van der Waals surface area contributed by atoms with Gasteiger partial charge in [0.25, 0.3) is 0 Å². The monoisotopic (exact) mass is 1650 g/mol. The van der Waals surface area contributed by atoms with Gasteiger partial charge in [-0.3, -0.25) is 19.7 Å². The number of carbonyl (C=O) groups is 1. The third-order valence-corrected chi connectivity index (χ3v) is 22.7. The number of ether oxygens (including phenoxy) is 1. The summed E-state index contributed by atoms with van der Waals surface area (Å²) in [6, 6.07) is 112. The number of methoxy groups -OCH3 is 1. The fraction of sp³-hybridized carbons (Fsp3) is 0.0784. The lowest BCUT2D eigenvalue weighted by Gasteiger charge is -2.32. The van der Waals surface area contributed by atoms with Gasteiger partial charge < -0.3 is 19.8 Å². The number of Topliss-reactive ketones (excluding diaryl/α,β-unsaturated/α-hetero) is 1. The summed E-state index contributed by atoms with van der Waals surface area (Å²) >= 11 is 6.82. The zero-order valence-electron chi connectivity index (χ0n) is 65.1. The van der Waals surface area contributed by atoms with Crippen molar-refractivity contribution in [3.05, 3.63) is 361 Å². The van der Waals surface area contributed by atoms with Crippen molar-refractivity contribution in [2.24, 2.45) is 0 Å². The van der Waals surface area contributed by atoms with E-state index < -0.39 is 0 Å². The van der Waals surface area contributed by atoms with E-state index in [9.17, 15) is 4.79 Å². The van der Waals surface area contributed by atoms with Crippen molar-refractivity contribution in [1.82, 2.24) is 34.9 Å². The third-order valence-electron chi connectivity index (χ3n) is 21.7. The van der Waals surface area contributed by atoms with Gasteiger partial charge in [-0.15, -0.1) is 0 Å². The number of aromatic nitrogens is 7. The molecule has 566 valence electrons. The van der Waals surface area contributed by atoms with Crippen LogP contribution in [0, 0.1) is 0 Å². The van der Waals surface area contributed by atoms with Crippen LogP contribution in [-0.4, -0.2) is 66.1 Å². The van der Waals surface area contributed by atoms with Crippen LogP contribution in [0.5, 0.6) is 5.75 Å². The largest absolute Gasteiger partial charge is 0.495 e. The molecule has 0 bridgehead atoms. The van der Waals surface area contributed by atoms with E-state index >= 15 is 0 Å². The van der Waals surface area contributed by atoms with Crippen LogP contribution in [0.25, 0.3) is 165 Å². The maximum Gasteiger partial charge on any atom is 0.494 e. The molecule has 7 aromatic heterocycles. The van der Waals surface area contributed by atoms with E-state index in [4.69, 9.17) is 39.7 Å². The van der Waals surface area contributed by atoms with Gasteiger partial charge in [-0.05, 0) is 200 Å². The average Bonchev–Trinajstić information content (AvgIpc) is 1.57. The van der Waals surface area contributed by atoms with Gasteiger partial charge in [-0.2, -0.15) is 0 Å². The molecule has 0 unspecified atom stereocenters. The lowest BCUT2D eigenvalue weighted by Crippen LogP contribution is -2.41. The van der Waals surface area contributed by atoms with Crippen molar-refractivity contribution >= 4 is 165 Å². The molecular weight excluding hydrogens is 1570 g/mol. The molecule has 12 nitrogen and oxygen atoms in total. The molecule has 0 amide bonds. The number of ketones is 1. The van der Waals surface area contributed by atoms with Gasteiger partial charge in [-0.1, -0.05) is 232 Å². The van der Waals surface area contributed by atoms with Crippen molar-refractivity contribution in [2.45, 2.75) is 45.8 Å². The van der Waals surface area contributed by atoms with Gasteiger partial charge in [0.1, 0.15) is 5.75 Å². The van der Waals surface area contributed by atoms with Crippen LogP contribution in [0.15, 0.2) is 355 Å². The van der Waals surface area contributed by atoms with Crippen LogP contribution in [0.1, 0.15) is 45.0 Å². The Balaban J connectivity index is 0.000000112. The summed E-state index contributed by atoms with van der Waals surface area (Å²) in [7, 11) is 1.25. The maximum atomic E-state index is 11.7. The summed E-state index contributed by atoms with van der Waals surface area (Å²) in [6.45, 7) is 9.89. The first-order valence-corrected chi connectivity index (χ1v) is 40.2. The number of fused-ring (bicyclic) bond motifs is 13. The molecule has 13 aromatic carbocycles. The molecule has 0 aliphatic carbocycles. The molecule has 117 heavy (non-hydrogen) atoms. The summed E-state index contributed by atoms with van der Waals surface area (Å²) in [5.74, 6) is 0.793. The Morgan fingerprint density at radius 2 is 0.726 bits per heavy atom. The predicted octanol–water partition coefficient (Wildman–Crippen LogP) is 25.7. The van der Waals surface area contributed by atoms with Crippen molar-refractivity contribution in [3.63, 3.8) is 0 Å². The topological polar surface area (TPSA) is 161 Å². The highest BCUT2D eigenvalue weighted by atomic mass is 79.9. The van der Waals surface area contributed by atoms with Crippen molar-refractivity contribution in [3.8, 4) is 61.9 Å². The van der Waals surface area contributed by atoms with E-state index in [-0.39, 0.29) is 24.1 Å². The lowest BCUT2D eigenvalue weighted by atomic mass is 9.78. The average molecular weight is 1650 g/mol. The SMILES string of the molecule is Brc1ccc2nc(-c3cc4cccnc4c4ccccc34)ccc2c1.CC(=O)c1cc2cccnc2c2ccccc12.CC1(C)OB(c2ccc3nc(-c4ccccc4)ccc3c2)OC1(C)C.COc1cc(Br)ccc1N.c1ccc(-c2ccc3cc(-c4ccc5nc(-c6cc7cccnc7c7ccccc67)ccc5c4)ccc3n2)cc1. The van der Waals surface area contributed by atoms with Crippen molar-refractivity contribution < 1.29 is 18.8 Å². The number of halogens is 2. The zero-order chi connectivity index (χ0) is 80.3. The molecular formula is C102H77BBr2N8O4. The maximum absolute atomic E-state index is 11.7. The highest BCUT2D eigenvalue weighted by Crippen LogP contribution is 2.40. The summed E-state index contributed by atoms with van der Waals surface area (Å²) in [5.41, 5.74) is 25.1. The minimum Gasteiger partial charge on any atom is -0.495 e. The van der Waals surface area contributed by atoms with Crippen molar-refractivity contribution in [2.75, 3.05) is 12.8 Å². The number of nitrogen functional groups attached to an aromatic ring is 1. The number of anilines is 1. The second-order valence-electron chi connectivity index (χ2n) is 29.8. The second-order valence-corrected chi connectivity index (χ2v) is 31.6. The number of nitrogens with zero attached hydrogens (tertiary/aromatic N) is 7. The molecule has 21 rings (SSSR count). The van der Waals surface area contributed by atoms with Crippen molar-refractivity contribution in [1.29, 1.82) is 0 Å². The molecule has 15 heteroatoms. The van der Waals surface area contributed by atoms with Gasteiger partial charge in [0.15, 0.2) is 5.78 Å². The number of hydrogen-bond acceptors (Lipinski definition) is 12. The molecule has 0 atom stereocenters. The Labute approximate surface area is 694 Å². The number of rotatable bonds is 8. The van der Waals surface area contributed by atoms with E-state index in [0.717, 1.165) is 168 Å².